The maximum absolute atomic E-state index is 3.86. The normalized spacial score (nSPS) is 24.8. The second-order valence-corrected chi connectivity index (χ2v) is 7.85. The summed E-state index contributed by atoms with van der Waals surface area (Å²) in [4.78, 5) is 0. The maximum atomic E-state index is 3.86. The zero-order valence-electron chi connectivity index (χ0n) is 13.6. The molecule has 1 saturated carbocycles. The molecule has 1 unspecified atom stereocenters. The smallest absolute Gasteiger partial charge is 0.00673 e. The SMILES string of the molecule is CC(C)C(CNC1CCCC(C)(C)CC1)C(C)C. The van der Waals surface area contributed by atoms with Gasteiger partial charge in [0.05, 0.1) is 0 Å². The van der Waals surface area contributed by atoms with E-state index < -0.39 is 0 Å². The van der Waals surface area contributed by atoms with E-state index in [1.165, 1.54) is 38.6 Å². The number of hydrogen-bond donors (Lipinski definition) is 1. The third-order valence-electron chi connectivity index (χ3n) is 4.93. The Balaban J connectivity index is 2.38. The highest BCUT2D eigenvalue weighted by atomic mass is 14.9. The second kappa shape index (κ2) is 6.93. The van der Waals surface area contributed by atoms with Crippen LogP contribution in [0, 0.1) is 23.2 Å². The van der Waals surface area contributed by atoms with Crippen LogP contribution in [0.2, 0.25) is 0 Å². The first kappa shape index (κ1) is 16.0. The van der Waals surface area contributed by atoms with Crippen LogP contribution in [-0.2, 0) is 0 Å². The molecule has 0 bridgehead atoms. The Bertz CT molecular complexity index is 222. The Morgan fingerprint density at radius 3 is 2.17 bits per heavy atom. The summed E-state index contributed by atoms with van der Waals surface area (Å²) in [6.45, 7) is 15.5. The third kappa shape index (κ3) is 5.30. The molecule has 1 N–H and O–H groups in total. The summed E-state index contributed by atoms with van der Waals surface area (Å²) < 4.78 is 0. The van der Waals surface area contributed by atoms with Crippen LogP contribution in [0.3, 0.4) is 0 Å². The van der Waals surface area contributed by atoms with Gasteiger partial charge in [0, 0.05) is 6.04 Å². The highest BCUT2D eigenvalue weighted by molar-refractivity contribution is 4.81. The quantitative estimate of drug-likeness (QED) is 0.690. The van der Waals surface area contributed by atoms with Crippen LogP contribution in [0.1, 0.15) is 73.6 Å². The molecule has 0 aromatic heterocycles. The van der Waals surface area contributed by atoms with Crippen LogP contribution >= 0.6 is 0 Å². The highest BCUT2D eigenvalue weighted by Gasteiger charge is 2.25. The first-order chi connectivity index (χ1) is 8.32. The van der Waals surface area contributed by atoms with E-state index in [0.29, 0.717) is 5.41 Å². The van der Waals surface area contributed by atoms with Gasteiger partial charge in [-0.15, -0.1) is 0 Å². The summed E-state index contributed by atoms with van der Waals surface area (Å²) in [5, 5.41) is 3.86. The standard InChI is InChI=1S/C17H35N/c1-13(2)16(14(3)4)12-18-15-8-7-10-17(5,6)11-9-15/h13-16,18H,7-12H2,1-6H3. The largest absolute Gasteiger partial charge is 0.314 e. The van der Waals surface area contributed by atoms with E-state index in [1.54, 1.807) is 0 Å². The van der Waals surface area contributed by atoms with Gasteiger partial charge in [-0.2, -0.15) is 0 Å². The lowest BCUT2D eigenvalue weighted by atomic mass is 9.84. The average molecular weight is 253 g/mol. The van der Waals surface area contributed by atoms with Crippen LogP contribution in [0.15, 0.2) is 0 Å². The zero-order chi connectivity index (χ0) is 13.8. The molecular formula is C17H35N. The molecule has 1 aliphatic rings. The maximum Gasteiger partial charge on any atom is 0.00673 e. The Morgan fingerprint density at radius 2 is 1.61 bits per heavy atom. The van der Waals surface area contributed by atoms with Crippen molar-refractivity contribution >= 4 is 0 Å². The van der Waals surface area contributed by atoms with Crippen molar-refractivity contribution in [2.24, 2.45) is 23.2 Å². The molecule has 0 saturated heterocycles. The van der Waals surface area contributed by atoms with E-state index in [9.17, 15) is 0 Å². The molecule has 0 spiro atoms. The lowest BCUT2D eigenvalue weighted by Gasteiger charge is -2.28. The number of hydrogen-bond acceptors (Lipinski definition) is 1. The minimum Gasteiger partial charge on any atom is -0.314 e. The van der Waals surface area contributed by atoms with Gasteiger partial charge in [-0.25, -0.2) is 0 Å². The summed E-state index contributed by atoms with van der Waals surface area (Å²) in [6.07, 6.45) is 6.95. The molecular weight excluding hydrogens is 218 g/mol. The van der Waals surface area contributed by atoms with Crippen molar-refractivity contribution in [3.05, 3.63) is 0 Å². The molecule has 0 aromatic rings. The fourth-order valence-corrected chi connectivity index (χ4v) is 3.41. The Kier molecular flexibility index (Phi) is 6.17. The van der Waals surface area contributed by atoms with Gasteiger partial charge in [0.1, 0.15) is 0 Å². The van der Waals surface area contributed by atoms with Gasteiger partial charge in [-0.1, -0.05) is 48.0 Å². The fraction of sp³-hybridized carbons (Fsp3) is 1.00. The van der Waals surface area contributed by atoms with E-state index in [-0.39, 0.29) is 0 Å². The first-order valence-corrected chi connectivity index (χ1v) is 8.05. The van der Waals surface area contributed by atoms with E-state index in [2.05, 4.69) is 46.9 Å². The molecule has 18 heavy (non-hydrogen) atoms. The summed E-state index contributed by atoms with van der Waals surface area (Å²) in [5.41, 5.74) is 0.575. The summed E-state index contributed by atoms with van der Waals surface area (Å²) in [5.74, 6) is 2.40. The molecule has 1 rings (SSSR count). The van der Waals surface area contributed by atoms with Crippen LogP contribution in [0.4, 0.5) is 0 Å². The number of nitrogens with one attached hydrogen (secondary N) is 1. The monoisotopic (exact) mass is 253 g/mol. The minimum absolute atomic E-state index is 0.575. The molecule has 0 aromatic carbocycles. The van der Waals surface area contributed by atoms with E-state index in [0.717, 1.165) is 23.8 Å². The Morgan fingerprint density at radius 1 is 1.00 bits per heavy atom. The van der Waals surface area contributed by atoms with Gasteiger partial charge in [-0.3, -0.25) is 0 Å². The van der Waals surface area contributed by atoms with Crippen LogP contribution < -0.4 is 5.32 Å². The van der Waals surface area contributed by atoms with Gasteiger partial charge in [0.15, 0.2) is 0 Å². The van der Waals surface area contributed by atoms with Crippen molar-refractivity contribution in [3.63, 3.8) is 0 Å². The molecule has 1 nitrogen and oxygen atoms in total. The van der Waals surface area contributed by atoms with Gasteiger partial charge in [0.2, 0.25) is 0 Å². The Labute approximate surface area is 115 Å². The molecule has 0 radical (unpaired) electrons. The predicted octanol–water partition coefficient (Wildman–Crippen LogP) is 4.86. The van der Waals surface area contributed by atoms with Crippen molar-refractivity contribution in [2.75, 3.05) is 6.54 Å². The molecule has 1 fully saturated rings. The predicted molar refractivity (Wildman–Crippen MR) is 81.8 cm³/mol. The third-order valence-corrected chi connectivity index (χ3v) is 4.93. The first-order valence-electron chi connectivity index (χ1n) is 8.05. The van der Waals surface area contributed by atoms with E-state index in [4.69, 9.17) is 0 Å². The van der Waals surface area contributed by atoms with Crippen LogP contribution in [0.5, 0.6) is 0 Å². The number of rotatable bonds is 5. The topological polar surface area (TPSA) is 12.0 Å². The Hall–Kier alpha value is -0.0400. The van der Waals surface area contributed by atoms with Gasteiger partial charge in [-0.05, 0) is 55.4 Å². The summed E-state index contributed by atoms with van der Waals surface area (Å²) in [6, 6.07) is 0.770. The van der Waals surface area contributed by atoms with Crippen LogP contribution in [0.25, 0.3) is 0 Å². The average Bonchev–Trinajstić information content (AvgIpc) is 2.39. The van der Waals surface area contributed by atoms with Gasteiger partial charge in [0.25, 0.3) is 0 Å². The molecule has 0 aliphatic heterocycles. The fourth-order valence-electron chi connectivity index (χ4n) is 3.41. The van der Waals surface area contributed by atoms with Crippen LogP contribution in [-0.4, -0.2) is 12.6 Å². The molecule has 1 heteroatoms. The van der Waals surface area contributed by atoms with Gasteiger partial charge >= 0.3 is 0 Å². The van der Waals surface area contributed by atoms with Crippen molar-refractivity contribution < 1.29 is 0 Å². The van der Waals surface area contributed by atoms with E-state index >= 15 is 0 Å². The second-order valence-electron chi connectivity index (χ2n) is 7.85. The lowest BCUT2D eigenvalue weighted by Crippen LogP contribution is -2.36. The van der Waals surface area contributed by atoms with E-state index in [1.807, 2.05) is 0 Å². The zero-order valence-corrected chi connectivity index (χ0v) is 13.6. The molecule has 0 heterocycles. The van der Waals surface area contributed by atoms with Crippen molar-refractivity contribution in [3.8, 4) is 0 Å². The van der Waals surface area contributed by atoms with Gasteiger partial charge < -0.3 is 5.32 Å². The van der Waals surface area contributed by atoms with Crippen molar-refractivity contribution in [1.29, 1.82) is 0 Å². The molecule has 0 amide bonds. The summed E-state index contributed by atoms with van der Waals surface area (Å²) in [7, 11) is 0. The molecule has 1 aliphatic carbocycles. The molecule has 1 atom stereocenters. The summed E-state index contributed by atoms with van der Waals surface area (Å²) >= 11 is 0. The molecule has 108 valence electrons. The van der Waals surface area contributed by atoms with Crippen molar-refractivity contribution in [2.45, 2.75) is 79.7 Å². The highest BCUT2D eigenvalue weighted by Crippen LogP contribution is 2.33. The van der Waals surface area contributed by atoms with Crippen molar-refractivity contribution in [1.82, 2.24) is 5.32 Å². The minimum atomic E-state index is 0.575. The lowest BCUT2D eigenvalue weighted by molar-refractivity contribution is 0.257.